The van der Waals surface area contributed by atoms with E-state index in [1.165, 1.54) is 12.1 Å². The average Bonchev–Trinajstić information content (AvgIpc) is 2.81. The molecule has 4 heteroatoms. The van der Waals surface area contributed by atoms with Gasteiger partial charge >= 0.3 is 0 Å². The lowest BCUT2D eigenvalue weighted by molar-refractivity contribution is 0.0868. The first kappa shape index (κ1) is 11.4. The van der Waals surface area contributed by atoms with Crippen LogP contribution < -0.4 is 5.32 Å². The van der Waals surface area contributed by atoms with Crippen LogP contribution in [0.2, 0.25) is 0 Å². The molecule has 1 aromatic carbocycles. The summed E-state index contributed by atoms with van der Waals surface area (Å²) < 4.78 is 18.6. The Morgan fingerprint density at radius 1 is 1.28 bits per heavy atom. The Labute approximate surface area is 104 Å². The normalized spacial score (nSPS) is 17.2. The lowest BCUT2D eigenvalue weighted by Crippen LogP contribution is -2.31. The van der Waals surface area contributed by atoms with Gasteiger partial charge in [0.2, 0.25) is 5.78 Å². The van der Waals surface area contributed by atoms with Gasteiger partial charge in [0.05, 0.1) is 0 Å². The molecule has 18 heavy (non-hydrogen) atoms. The topological polar surface area (TPSA) is 42.2 Å². The van der Waals surface area contributed by atoms with Crippen LogP contribution in [-0.4, -0.2) is 18.9 Å². The molecule has 1 aromatic heterocycles. The third kappa shape index (κ3) is 2.04. The zero-order valence-electron chi connectivity index (χ0n) is 9.91. The first-order chi connectivity index (χ1) is 8.74. The predicted molar refractivity (Wildman–Crippen MR) is 66.1 cm³/mol. The first-order valence-corrected chi connectivity index (χ1v) is 6.18. The number of benzene rings is 1. The molecule has 1 aliphatic rings. The summed E-state index contributed by atoms with van der Waals surface area (Å²) in [7, 11) is 0. The van der Waals surface area contributed by atoms with Crippen LogP contribution in [0.4, 0.5) is 4.39 Å². The number of fused-ring (bicyclic) bond motifs is 1. The highest BCUT2D eigenvalue weighted by Crippen LogP contribution is 2.25. The van der Waals surface area contributed by atoms with E-state index in [1.807, 2.05) is 0 Å². The maximum Gasteiger partial charge on any atom is 0.201 e. The Kier molecular flexibility index (Phi) is 2.88. The van der Waals surface area contributed by atoms with Gasteiger partial charge in [-0.1, -0.05) is 0 Å². The summed E-state index contributed by atoms with van der Waals surface area (Å²) in [4.78, 5) is 12.2. The van der Waals surface area contributed by atoms with Crippen LogP contribution in [0.25, 0.3) is 11.0 Å². The number of hydrogen-bond donors (Lipinski definition) is 1. The number of hydrogen-bond acceptors (Lipinski definition) is 3. The monoisotopic (exact) mass is 247 g/mol. The van der Waals surface area contributed by atoms with Crippen LogP contribution >= 0.6 is 0 Å². The summed E-state index contributed by atoms with van der Waals surface area (Å²) >= 11 is 0. The summed E-state index contributed by atoms with van der Waals surface area (Å²) in [6, 6.07) is 5.93. The molecule has 1 fully saturated rings. The van der Waals surface area contributed by atoms with E-state index in [-0.39, 0.29) is 17.5 Å². The molecule has 2 heterocycles. The molecule has 1 aliphatic heterocycles. The van der Waals surface area contributed by atoms with Crippen LogP contribution in [0.3, 0.4) is 0 Å². The van der Waals surface area contributed by atoms with E-state index in [1.54, 1.807) is 12.1 Å². The van der Waals surface area contributed by atoms with E-state index in [9.17, 15) is 9.18 Å². The summed E-state index contributed by atoms with van der Waals surface area (Å²) in [5.41, 5.74) is 0.564. The van der Waals surface area contributed by atoms with Gasteiger partial charge in [0.1, 0.15) is 11.4 Å². The van der Waals surface area contributed by atoms with E-state index < -0.39 is 0 Å². The van der Waals surface area contributed by atoms with Crippen molar-refractivity contribution in [2.24, 2.45) is 5.92 Å². The van der Waals surface area contributed by atoms with Crippen molar-refractivity contribution in [3.8, 4) is 0 Å². The van der Waals surface area contributed by atoms with Crippen molar-refractivity contribution in [3.05, 3.63) is 35.8 Å². The van der Waals surface area contributed by atoms with E-state index >= 15 is 0 Å². The third-order valence-corrected chi connectivity index (χ3v) is 3.43. The Bertz CT molecular complexity index is 584. The highest BCUT2D eigenvalue weighted by molar-refractivity contribution is 5.99. The number of rotatable bonds is 2. The molecule has 0 atom stereocenters. The molecule has 1 N–H and O–H groups in total. The summed E-state index contributed by atoms with van der Waals surface area (Å²) in [6.07, 6.45) is 1.68. The number of Topliss-reactive ketones (excluding diaryl/α,β-unsaturated/α-hetero) is 1. The van der Waals surface area contributed by atoms with Crippen molar-refractivity contribution in [1.82, 2.24) is 5.32 Å². The second kappa shape index (κ2) is 4.53. The zero-order valence-corrected chi connectivity index (χ0v) is 9.91. The van der Waals surface area contributed by atoms with Gasteiger partial charge in [-0.3, -0.25) is 4.79 Å². The fraction of sp³-hybridized carbons (Fsp3) is 0.357. The molecule has 3 nitrogen and oxygen atoms in total. The molecule has 3 rings (SSSR count). The number of nitrogens with one attached hydrogen (secondary N) is 1. The molecule has 0 bridgehead atoms. The highest BCUT2D eigenvalue weighted by atomic mass is 19.1. The summed E-state index contributed by atoms with van der Waals surface area (Å²) in [6.45, 7) is 1.73. The van der Waals surface area contributed by atoms with Crippen LogP contribution in [-0.2, 0) is 0 Å². The quantitative estimate of drug-likeness (QED) is 0.830. The van der Waals surface area contributed by atoms with Crippen molar-refractivity contribution >= 4 is 16.8 Å². The highest BCUT2D eigenvalue weighted by Gasteiger charge is 2.24. The average molecular weight is 247 g/mol. The van der Waals surface area contributed by atoms with E-state index in [0.717, 1.165) is 25.9 Å². The van der Waals surface area contributed by atoms with Gasteiger partial charge in [-0.05, 0) is 50.2 Å². The summed E-state index contributed by atoms with van der Waals surface area (Å²) in [5, 5.41) is 3.87. The Morgan fingerprint density at radius 2 is 2.06 bits per heavy atom. The van der Waals surface area contributed by atoms with Gasteiger partial charge in [-0.25, -0.2) is 4.39 Å². The van der Waals surface area contributed by atoms with E-state index in [2.05, 4.69) is 5.32 Å². The number of furan rings is 1. The minimum atomic E-state index is -0.316. The molecule has 94 valence electrons. The van der Waals surface area contributed by atoms with E-state index in [4.69, 9.17) is 4.42 Å². The largest absolute Gasteiger partial charge is 0.453 e. The second-order valence-electron chi connectivity index (χ2n) is 4.68. The number of carbonyl (C=O) groups excluding carboxylic acids is 1. The molecule has 0 saturated carbocycles. The van der Waals surface area contributed by atoms with Crippen LogP contribution in [0.15, 0.2) is 28.7 Å². The molecule has 0 amide bonds. The van der Waals surface area contributed by atoms with Gasteiger partial charge < -0.3 is 9.73 Å². The van der Waals surface area contributed by atoms with Crippen molar-refractivity contribution < 1.29 is 13.6 Å². The molecule has 0 spiro atoms. The lowest BCUT2D eigenvalue weighted by Gasteiger charge is -2.20. The van der Waals surface area contributed by atoms with Crippen molar-refractivity contribution in [3.63, 3.8) is 0 Å². The maximum absolute atomic E-state index is 13.1. The third-order valence-electron chi connectivity index (χ3n) is 3.43. The van der Waals surface area contributed by atoms with Gasteiger partial charge in [-0.15, -0.1) is 0 Å². The molecule has 0 aliphatic carbocycles. The molecule has 0 unspecified atom stereocenters. The van der Waals surface area contributed by atoms with E-state index in [0.29, 0.717) is 16.7 Å². The zero-order chi connectivity index (χ0) is 12.5. The number of piperidine rings is 1. The second-order valence-corrected chi connectivity index (χ2v) is 4.68. The Balaban J connectivity index is 1.91. The Morgan fingerprint density at radius 3 is 2.83 bits per heavy atom. The SMILES string of the molecule is O=C(c1cc2cc(F)ccc2o1)C1CCNCC1. The lowest BCUT2D eigenvalue weighted by atomic mass is 9.92. The van der Waals surface area contributed by atoms with Gasteiger partial charge in [0.15, 0.2) is 5.76 Å². The van der Waals surface area contributed by atoms with Crippen molar-refractivity contribution in [2.75, 3.05) is 13.1 Å². The summed E-state index contributed by atoms with van der Waals surface area (Å²) in [5.74, 6) is 0.0939. The smallest absolute Gasteiger partial charge is 0.201 e. The minimum absolute atomic E-state index is 0.0247. The van der Waals surface area contributed by atoms with Crippen LogP contribution in [0, 0.1) is 11.7 Å². The van der Waals surface area contributed by atoms with Crippen LogP contribution in [0.1, 0.15) is 23.4 Å². The number of carbonyl (C=O) groups is 1. The minimum Gasteiger partial charge on any atom is -0.453 e. The van der Waals surface area contributed by atoms with Gasteiger partial charge in [-0.2, -0.15) is 0 Å². The standard InChI is InChI=1S/C14H14FNO2/c15-11-1-2-12-10(7-11)8-13(18-12)14(17)9-3-5-16-6-4-9/h1-2,7-9,16H,3-6H2. The maximum atomic E-state index is 13.1. The predicted octanol–water partition coefficient (Wildman–Crippen LogP) is 2.75. The van der Waals surface area contributed by atoms with Gasteiger partial charge in [0, 0.05) is 11.3 Å². The van der Waals surface area contributed by atoms with Crippen molar-refractivity contribution in [1.29, 1.82) is 0 Å². The fourth-order valence-corrected chi connectivity index (χ4v) is 2.42. The number of ketones is 1. The van der Waals surface area contributed by atoms with Gasteiger partial charge in [0.25, 0.3) is 0 Å². The van der Waals surface area contributed by atoms with Crippen molar-refractivity contribution in [2.45, 2.75) is 12.8 Å². The molecular formula is C14H14FNO2. The molecular weight excluding hydrogens is 233 g/mol. The first-order valence-electron chi connectivity index (χ1n) is 6.18. The number of halogens is 1. The van der Waals surface area contributed by atoms with Crippen LogP contribution in [0.5, 0.6) is 0 Å². The molecule has 1 saturated heterocycles. The fourth-order valence-electron chi connectivity index (χ4n) is 2.42. The molecule has 2 aromatic rings. The molecule has 0 radical (unpaired) electrons. The Hall–Kier alpha value is -1.68.